The van der Waals surface area contributed by atoms with Gasteiger partial charge in [-0.2, -0.15) is 0 Å². The standard InChI is InChI=1S/C20H23N3O5/c1-27-14-28-18-8-5-16(6-9-18)21-20(24)13-22-11-3-2-4-15-12-17(23(25)26)7-10-19(15)22/h5-10,12H,2-4,11,13-14H2,1H3,(H,21,24). The number of hydrogen-bond donors (Lipinski definition) is 1. The minimum atomic E-state index is -0.387. The van der Waals surface area contributed by atoms with Gasteiger partial charge in [-0.25, -0.2) is 0 Å². The monoisotopic (exact) mass is 385 g/mol. The van der Waals surface area contributed by atoms with Crippen LogP contribution in [0.5, 0.6) is 5.75 Å². The van der Waals surface area contributed by atoms with Crippen LogP contribution in [0.15, 0.2) is 42.5 Å². The lowest BCUT2D eigenvalue weighted by Gasteiger charge is -2.24. The summed E-state index contributed by atoms with van der Waals surface area (Å²) in [5.41, 5.74) is 2.56. The molecule has 2 aromatic carbocycles. The first kappa shape index (κ1) is 19.6. The normalized spacial score (nSPS) is 13.4. The number of methoxy groups -OCH3 is 1. The lowest BCUT2D eigenvalue weighted by Crippen LogP contribution is -2.34. The number of hydrogen-bond acceptors (Lipinski definition) is 6. The Morgan fingerprint density at radius 2 is 2.00 bits per heavy atom. The molecular formula is C20H23N3O5. The van der Waals surface area contributed by atoms with Crippen LogP contribution < -0.4 is 15.0 Å². The molecule has 0 aromatic heterocycles. The van der Waals surface area contributed by atoms with Gasteiger partial charge in [-0.05, 0) is 55.2 Å². The zero-order chi connectivity index (χ0) is 19.9. The lowest BCUT2D eigenvalue weighted by molar-refractivity contribution is -0.384. The summed E-state index contributed by atoms with van der Waals surface area (Å²) in [7, 11) is 1.55. The summed E-state index contributed by atoms with van der Waals surface area (Å²) >= 11 is 0. The molecule has 2 aromatic rings. The Morgan fingerprint density at radius 3 is 2.71 bits per heavy atom. The summed E-state index contributed by atoms with van der Waals surface area (Å²) < 4.78 is 10.2. The molecule has 28 heavy (non-hydrogen) atoms. The van der Waals surface area contributed by atoms with Crippen LogP contribution in [-0.4, -0.2) is 37.8 Å². The third-order valence-electron chi connectivity index (χ3n) is 4.55. The maximum absolute atomic E-state index is 12.5. The maximum atomic E-state index is 12.5. The van der Waals surface area contributed by atoms with Gasteiger partial charge in [-0.15, -0.1) is 0 Å². The number of fused-ring (bicyclic) bond motifs is 1. The van der Waals surface area contributed by atoms with Crippen molar-refractivity contribution in [2.45, 2.75) is 19.3 Å². The van der Waals surface area contributed by atoms with Gasteiger partial charge in [0.2, 0.25) is 5.91 Å². The lowest BCUT2D eigenvalue weighted by atomic mass is 10.1. The Bertz CT molecular complexity index is 838. The van der Waals surface area contributed by atoms with E-state index in [2.05, 4.69) is 5.32 Å². The predicted octanol–water partition coefficient (Wildman–Crippen LogP) is 3.36. The molecule has 8 heteroatoms. The van der Waals surface area contributed by atoms with Crippen LogP contribution >= 0.6 is 0 Å². The largest absolute Gasteiger partial charge is 0.468 e. The number of rotatable bonds is 7. The Kier molecular flexibility index (Phi) is 6.44. The fraction of sp³-hybridized carbons (Fsp3) is 0.350. The molecule has 0 spiro atoms. The van der Waals surface area contributed by atoms with Crippen molar-refractivity contribution in [1.29, 1.82) is 0 Å². The molecule has 1 amide bonds. The van der Waals surface area contributed by atoms with E-state index in [4.69, 9.17) is 9.47 Å². The van der Waals surface area contributed by atoms with Gasteiger partial charge in [0.1, 0.15) is 5.75 Å². The van der Waals surface area contributed by atoms with Crippen LogP contribution in [0.3, 0.4) is 0 Å². The molecule has 1 aliphatic heterocycles. The summed E-state index contributed by atoms with van der Waals surface area (Å²) in [4.78, 5) is 25.1. The molecule has 1 heterocycles. The van der Waals surface area contributed by atoms with Crippen LogP contribution in [0.1, 0.15) is 18.4 Å². The molecule has 0 saturated carbocycles. The molecule has 3 rings (SSSR count). The van der Waals surface area contributed by atoms with Crippen LogP contribution in [0.2, 0.25) is 0 Å². The fourth-order valence-electron chi connectivity index (χ4n) is 3.23. The van der Waals surface area contributed by atoms with Crippen molar-refractivity contribution in [2.75, 3.05) is 37.2 Å². The number of benzene rings is 2. The number of amides is 1. The smallest absolute Gasteiger partial charge is 0.269 e. The molecule has 0 unspecified atom stereocenters. The summed E-state index contributed by atoms with van der Waals surface area (Å²) in [6.45, 7) is 1.09. The second kappa shape index (κ2) is 9.18. The van der Waals surface area contributed by atoms with Gasteiger partial charge in [0.15, 0.2) is 6.79 Å². The van der Waals surface area contributed by atoms with E-state index in [1.54, 1.807) is 43.5 Å². The van der Waals surface area contributed by atoms with E-state index in [0.29, 0.717) is 11.4 Å². The third-order valence-corrected chi connectivity index (χ3v) is 4.55. The Morgan fingerprint density at radius 1 is 1.21 bits per heavy atom. The molecule has 0 saturated heterocycles. The number of nitro groups is 1. The number of nitrogens with one attached hydrogen (secondary N) is 1. The number of carbonyl (C=O) groups is 1. The highest BCUT2D eigenvalue weighted by Crippen LogP contribution is 2.29. The molecule has 1 aliphatic rings. The molecule has 0 atom stereocenters. The topological polar surface area (TPSA) is 93.9 Å². The van der Waals surface area contributed by atoms with Crippen LogP contribution in [0.25, 0.3) is 0 Å². The zero-order valence-electron chi connectivity index (χ0n) is 15.7. The number of carbonyl (C=O) groups excluding carboxylic acids is 1. The van der Waals surface area contributed by atoms with E-state index in [1.165, 1.54) is 6.07 Å². The fourth-order valence-corrected chi connectivity index (χ4v) is 3.23. The number of ether oxygens (including phenoxy) is 2. The van der Waals surface area contributed by atoms with Crippen molar-refractivity contribution in [2.24, 2.45) is 0 Å². The summed E-state index contributed by atoms with van der Waals surface area (Å²) in [5.74, 6) is 0.514. The quantitative estimate of drug-likeness (QED) is 0.446. The number of aryl methyl sites for hydroxylation is 1. The molecule has 0 aliphatic carbocycles. The van der Waals surface area contributed by atoms with Crippen LogP contribution in [-0.2, 0) is 16.0 Å². The van der Waals surface area contributed by atoms with Gasteiger partial charge in [-0.3, -0.25) is 14.9 Å². The van der Waals surface area contributed by atoms with E-state index >= 15 is 0 Å². The Hall–Kier alpha value is -3.13. The SMILES string of the molecule is COCOc1ccc(NC(=O)CN2CCCCc3cc([N+](=O)[O-])ccc32)cc1. The summed E-state index contributed by atoms with van der Waals surface area (Å²) in [6.07, 6.45) is 2.65. The Labute approximate surface area is 163 Å². The molecule has 148 valence electrons. The van der Waals surface area contributed by atoms with E-state index in [-0.39, 0.29) is 29.9 Å². The van der Waals surface area contributed by atoms with Crippen molar-refractivity contribution < 1.29 is 19.2 Å². The van der Waals surface area contributed by atoms with Crippen LogP contribution in [0, 0.1) is 10.1 Å². The molecule has 0 fully saturated rings. The van der Waals surface area contributed by atoms with Crippen molar-refractivity contribution in [3.63, 3.8) is 0 Å². The molecule has 0 bridgehead atoms. The van der Waals surface area contributed by atoms with E-state index in [0.717, 1.165) is 37.1 Å². The minimum Gasteiger partial charge on any atom is -0.468 e. The van der Waals surface area contributed by atoms with E-state index < -0.39 is 0 Å². The number of non-ortho nitro benzene ring substituents is 1. The predicted molar refractivity (Wildman–Crippen MR) is 106 cm³/mol. The highest BCUT2D eigenvalue weighted by molar-refractivity contribution is 5.94. The highest BCUT2D eigenvalue weighted by atomic mass is 16.7. The second-order valence-electron chi connectivity index (χ2n) is 6.57. The van der Waals surface area contributed by atoms with Crippen molar-refractivity contribution in [1.82, 2.24) is 0 Å². The second-order valence-corrected chi connectivity index (χ2v) is 6.57. The first-order valence-corrected chi connectivity index (χ1v) is 9.11. The average molecular weight is 385 g/mol. The summed E-state index contributed by atoms with van der Waals surface area (Å²) in [6, 6.07) is 11.9. The Balaban J connectivity index is 1.66. The number of nitro benzene ring substituents is 1. The molecule has 1 N–H and O–H groups in total. The molecule has 8 nitrogen and oxygen atoms in total. The third kappa shape index (κ3) is 4.98. The highest BCUT2D eigenvalue weighted by Gasteiger charge is 2.20. The molecule has 0 radical (unpaired) electrons. The zero-order valence-corrected chi connectivity index (χ0v) is 15.7. The van der Waals surface area contributed by atoms with Gasteiger partial charge < -0.3 is 19.7 Å². The summed E-state index contributed by atoms with van der Waals surface area (Å²) in [5, 5.41) is 13.9. The van der Waals surface area contributed by atoms with Gasteiger partial charge in [0.25, 0.3) is 5.69 Å². The van der Waals surface area contributed by atoms with Crippen LogP contribution in [0.4, 0.5) is 17.1 Å². The van der Waals surface area contributed by atoms with Gasteiger partial charge in [0.05, 0.1) is 11.5 Å². The minimum absolute atomic E-state index is 0.0841. The molecular weight excluding hydrogens is 362 g/mol. The first-order valence-electron chi connectivity index (χ1n) is 9.11. The van der Waals surface area contributed by atoms with Gasteiger partial charge in [0, 0.05) is 37.2 Å². The number of anilines is 2. The van der Waals surface area contributed by atoms with E-state index in [9.17, 15) is 14.9 Å². The van der Waals surface area contributed by atoms with Crippen molar-refractivity contribution in [3.05, 3.63) is 58.1 Å². The van der Waals surface area contributed by atoms with Gasteiger partial charge in [-0.1, -0.05) is 0 Å². The van der Waals surface area contributed by atoms with Crippen molar-refractivity contribution >= 4 is 23.0 Å². The van der Waals surface area contributed by atoms with E-state index in [1.807, 2.05) is 4.90 Å². The number of nitrogens with zero attached hydrogens (tertiary/aromatic N) is 2. The maximum Gasteiger partial charge on any atom is 0.269 e. The first-order chi connectivity index (χ1) is 13.6. The van der Waals surface area contributed by atoms with Gasteiger partial charge >= 0.3 is 0 Å². The average Bonchev–Trinajstić information content (AvgIpc) is 2.89. The van der Waals surface area contributed by atoms with Crippen molar-refractivity contribution in [3.8, 4) is 5.75 Å².